The third-order valence-corrected chi connectivity index (χ3v) is 7.06. The van der Waals surface area contributed by atoms with E-state index in [1.165, 1.54) is 11.8 Å². The fourth-order valence-electron chi connectivity index (χ4n) is 3.41. The van der Waals surface area contributed by atoms with Gasteiger partial charge >= 0.3 is 0 Å². The van der Waals surface area contributed by atoms with Crippen molar-refractivity contribution in [3.8, 4) is 34.3 Å². The highest BCUT2D eigenvalue weighted by Gasteiger charge is 2.21. The third-order valence-electron chi connectivity index (χ3n) is 5.18. The summed E-state index contributed by atoms with van der Waals surface area (Å²) in [5, 5.41) is 15.4. The molecule has 186 valence electrons. The van der Waals surface area contributed by atoms with Crippen LogP contribution in [0.4, 0.5) is 0 Å². The van der Waals surface area contributed by atoms with Crippen molar-refractivity contribution < 1.29 is 19.0 Å². The summed E-state index contributed by atoms with van der Waals surface area (Å²) in [6, 6.07) is 15.3. The molecule has 0 spiro atoms. The Morgan fingerprint density at radius 3 is 2.42 bits per heavy atom. The van der Waals surface area contributed by atoms with Gasteiger partial charge in [-0.1, -0.05) is 30.0 Å². The zero-order valence-corrected chi connectivity index (χ0v) is 21.9. The number of aryl methyl sites for hydroxylation is 1. The molecule has 0 atom stereocenters. The summed E-state index contributed by atoms with van der Waals surface area (Å²) in [7, 11) is 4.67. The molecule has 2 aromatic heterocycles. The molecular formula is C25H25N5O4S2. The molecular weight excluding hydrogens is 498 g/mol. The number of carbonyl (C=O) groups is 1. The number of ether oxygens (including phenoxy) is 3. The Balaban J connectivity index is 1.61. The maximum Gasteiger partial charge on any atom is 0.250 e. The van der Waals surface area contributed by atoms with E-state index >= 15 is 0 Å². The van der Waals surface area contributed by atoms with Crippen LogP contribution in [0.25, 0.3) is 17.1 Å². The topological polar surface area (TPSA) is 99.9 Å². The minimum absolute atomic E-state index is 0.112. The van der Waals surface area contributed by atoms with Gasteiger partial charge in [-0.05, 0) is 48.2 Å². The Morgan fingerprint density at radius 1 is 1.08 bits per heavy atom. The number of hydrazone groups is 1. The van der Waals surface area contributed by atoms with Crippen molar-refractivity contribution in [1.29, 1.82) is 0 Å². The predicted octanol–water partition coefficient (Wildman–Crippen LogP) is 4.57. The van der Waals surface area contributed by atoms with Gasteiger partial charge in [0.2, 0.25) is 5.75 Å². The number of hydrogen-bond donors (Lipinski definition) is 1. The lowest BCUT2D eigenvalue weighted by Crippen LogP contribution is -2.20. The molecule has 0 aliphatic carbocycles. The van der Waals surface area contributed by atoms with E-state index < -0.39 is 0 Å². The summed E-state index contributed by atoms with van der Waals surface area (Å²) in [6.45, 7) is 2.00. The van der Waals surface area contributed by atoms with Crippen molar-refractivity contribution in [3.05, 3.63) is 64.4 Å². The molecule has 0 saturated heterocycles. The normalized spacial score (nSPS) is 11.0. The second-order valence-electron chi connectivity index (χ2n) is 7.44. The van der Waals surface area contributed by atoms with Crippen LogP contribution < -0.4 is 19.6 Å². The number of thiophene rings is 1. The number of para-hydroxylation sites is 1. The lowest BCUT2D eigenvalue weighted by molar-refractivity contribution is -0.118. The Labute approximate surface area is 217 Å². The van der Waals surface area contributed by atoms with E-state index in [0.29, 0.717) is 33.8 Å². The number of nitrogens with zero attached hydrogens (tertiary/aromatic N) is 4. The second kappa shape index (κ2) is 11.7. The first-order chi connectivity index (χ1) is 17.5. The lowest BCUT2D eigenvalue weighted by atomic mass is 10.1. The number of hydrogen-bond acceptors (Lipinski definition) is 9. The third kappa shape index (κ3) is 5.52. The van der Waals surface area contributed by atoms with E-state index in [-0.39, 0.29) is 11.7 Å². The fourth-order valence-corrected chi connectivity index (χ4v) is 4.94. The molecule has 2 aromatic carbocycles. The van der Waals surface area contributed by atoms with E-state index in [9.17, 15) is 4.79 Å². The van der Waals surface area contributed by atoms with Gasteiger partial charge in [-0.25, -0.2) is 5.43 Å². The number of amides is 1. The summed E-state index contributed by atoms with van der Waals surface area (Å²) in [5.41, 5.74) is 5.25. The first-order valence-electron chi connectivity index (χ1n) is 10.9. The Kier molecular flexibility index (Phi) is 8.24. The monoisotopic (exact) mass is 523 g/mol. The van der Waals surface area contributed by atoms with Gasteiger partial charge in [-0.15, -0.1) is 21.5 Å². The molecule has 9 nitrogen and oxygen atoms in total. The quantitative estimate of drug-likeness (QED) is 0.185. The number of nitrogens with one attached hydrogen (secondary N) is 1. The molecule has 1 amide bonds. The molecule has 0 aliphatic heterocycles. The largest absolute Gasteiger partial charge is 0.493 e. The van der Waals surface area contributed by atoms with Crippen LogP contribution in [0.3, 0.4) is 0 Å². The number of aromatic nitrogens is 3. The number of thioether (sulfide) groups is 1. The maximum absolute atomic E-state index is 12.4. The molecule has 1 N–H and O–H groups in total. The van der Waals surface area contributed by atoms with Crippen LogP contribution in [-0.2, 0) is 4.79 Å². The summed E-state index contributed by atoms with van der Waals surface area (Å²) < 4.78 is 18.4. The van der Waals surface area contributed by atoms with Gasteiger partial charge in [0.1, 0.15) is 0 Å². The second-order valence-corrected chi connectivity index (χ2v) is 9.33. The van der Waals surface area contributed by atoms with E-state index in [2.05, 4.69) is 20.7 Å². The Morgan fingerprint density at radius 2 is 1.81 bits per heavy atom. The molecule has 0 radical (unpaired) electrons. The molecule has 0 saturated carbocycles. The highest BCUT2D eigenvalue weighted by Crippen LogP contribution is 2.41. The van der Waals surface area contributed by atoms with Gasteiger partial charge in [-0.3, -0.25) is 9.36 Å². The highest BCUT2D eigenvalue weighted by atomic mass is 32.2. The molecule has 0 unspecified atom stereocenters. The van der Waals surface area contributed by atoms with Crippen LogP contribution >= 0.6 is 23.1 Å². The molecule has 4 rings (SSSR count). The molecule has 36 heavy (non-hydrogen) atoms. The van der Waals surface area contributed by atoms with Crippen molar-refractivity contribution in [2.45, 2.75) is 12.1 Å². The summed E-state index contributed by atoms with van der Waals surface area (Å²) in [4.78, 5) is 13.4. The van der Waals surface area contributed by atoms with Crippen molar-refractivity contribution in [2.75, 3.05) is 27.1 Å². The first kappa shape index (κ1) is 25.3. The molecule has 0 fully saturated rings. The average Bonchev–Trinajstić information content (AvgIpc) is 3.53. The van der Waals surface area contributed by atoms with Crippen molar-refractivity contribution >= 4 is 35.2 Å². The number of benzene rings is 2. The minimum Gasteiger partial charge on any atom is -0.493 e. The molecule has 0 aliphatic rings. The molecule has 2 heterocycles. The Hall–Kier alpha value is -3.83. The SMILES string of the molecule is COc1cc(-c2nnc(SCC(=O)N/N=C/c3sccc3C)n2-c2ccccc2)cc(OC)c1OC. The molecule has 11 heteroatoms. The predicted molar refractivity (Wildman–Crippen MR) is 142 cm³/mol. The number of rotatable bonds is 10. The van der Waals surface area contributed by atoms with Crippen LogP contribution in [0.2, 0.25) is 0 Å². The zero-order valence-electron chi connectivity index (χ0n) is 20.2. The highest BCUT2D eigenvalue weighted by molar-refractivity contribution is 7.99. The summed E-state index contributed by atoms with van der Waals surface area (Å²) in [5.74, 6) is 1.92. The maximum atomic E-state index is 12.4. The van der Waals surface area contributed by atoms with E-state index in [1.807, 2.05) is 65.4 Å². The van der Waals surface area contributed by atoms with E-state index in [1.54, 1.807) is 38.9 Å². The van der Waals surface area contributed by atoms with Crippen LogP contribution in [-0.4, -0.2) is 54.0 Å². The smallest absolute Gasteiger partial charge is 0.250 e. The number of carbonyl (C=O) groups excluding carboxylic acids is 1. The van der Waals surface area contributed by atoms with Crippen molar-refractivity contribution in [3.63, 3.8) is 0 Å². The Bertz CT molecular complexity index is 1340. The van der Waals surface area contributed by atoms with Crippen molar-refractivity contribution in [2.24, 2.45) is 5.10 Å². The number of methoxy groups -OCH3 is 3. The van der Waals surface area contributed by atoms with Gasteiger partial charge in [0.05, 0.1) is 33.3 Å². The lowest BCUT2D eigenvalue weighted by Gasteiger charge is -2.15. The van der Waals surface area contributed by atoms with Gasteiger partial charge in [0.15, 0.2) is 22.5 Å². The van der Waals surface area contributed by atoms with E-state index in [0.717, 1.165) is 16.1 Å². The van der Waals surface area contributed by atoms with Gasteiger partial charge in [0.25, 0.3) is 5.91 Å². The first-order valence-corrected chi connectivity index (χ1v) is 12.7. The van der Waals surface area contributed by atoms with Crippen LogP contribution in [0.5, 0.6) is 17.2 Å². The van der Waals surface area contributed by atoms with Gasteiger partial charge in [0, 0.05) is 16.1 Å². The van der Waals surface area contributed by atoms with E-state index in [4.69, 9.17) is 14.2 Å². The van der Waals surface area contributed by atoms with Crippen LogP contribution in [0.1, 0.15) is 10.4 Å². The minimum atomic E-state index is -0.248. The summed E-state index contributed by atoms with van der Waals surface area (Å²) >= 11 is 2.83. The van der Waals surface area contributed by atoms with Gasteiger partial charge < -0.3 is 14.2 Å². The van der Waals surface area contributed by atoms with Gasteiger partial charge in [-0.2, -0.15) is 5.10 Å². The fraction of sp³-hybridized carbons (Fsp3) is 0.200. The zero-order chi connectivity index (χ0) is 25.5. The molecule has 4 aromatic rings. The van der Waals surface area contributed by atoms with Crippen LogP contribution in [0, 0.1) is 6.92 Å². The standard InChI is InChI=1S/C25H25N5O4S2/c1-16-10-11-35-21(16)14-26-27-22(31)15-36-25-29-28-24(30(25)18-8-6-5-7-9-18)17-12-19(32-2)23(34-4)20(13-17)33-3/h5-14H,15H2,1-4H3,(H,27,31)/b26-14+. The van der Waals surface area contributed by atoms with Crippen molar-refractivity contribution in [1.82, 2.24) is 20.2 Å². The van der Waals surface area contributed by atoms with Crippen LogP contribution in [0.15, 0.2) is 64.2 Å². The summed E-state index contributed by atoms with van der Waals surface area (Å²) in [6.07, 6.45) is 1.65. The molecule has 0 bridgehead atoms. The average molecular weight is 524 g/mol.